The number of nitrogens with one attached hydrogen (secondary N) is 1. The third-order valence-corrected chi connectivity index (χ3v) is 2.88. The molecule has 0 aliphatic rings. The summed E-state index contributed by atoms with van der Waals surface area (Å²) in [7, 11) is 3.59. The van der Waals surface area contributed by atoms with Crippen molar-refractivity contribution in [3.8, 4) is 0 Å². The van der Waals surface area contributed by atoms with Crippen molar-refractivity contribution in [2.24, 2.45) is 0 Å². The number of hydrogen-bond donors (Lipinski definition) is 1. The Morgan fingerprint density at radius 3 is 2.93 bits per heavy atom. The molecule has 84 valence electrons. The van der Waals surface area contributed by atoms with Crippen molar-refractivity contribution < 1.29 is 4.79 Å². The summed E-state index contributed by atoms with van der Waals surface area (Å²) in [5.41, 5.74) is 1.32. The number of thiophene rings is 1. The summed E-state index contributed by atoms with van der Waals surface area (Å²) in [5.74, 6) is 0.201. The van der Waals surface area contributed by atoms with Crippen molar-refractivity contribution in [3.63, 3.8) is 0 Å². The average molecular weight is 226 g/mol. The molecule has 0 bridgehead atoms. The predicted molar refractivity (Wildman–Crippen MR) is 64.0 cm³/mol. The number of nitrogens with zero attached hydrogens (tertiary/aromatic N) is 1. The lowest BCUT2D eigenvalue weighted by molar-refractivity contribution is -0.128. The van der Waals surface area contributed by atoms with Gasteiger partial charge < -0.3 is 10.2 Å². The van der Waals surface area contributed by atoms with Gasteiger partial charge in [0.2, 0.25) is 5.91 Å². The molecule has 1 heterocycles. The quantitative estimate of drug-likeness (QED) is 0.749. The number of amides is 1. The van der Waals surface area contributed by atoms with Gasteiger partial charge >= 0.3 is 0 Å². The molecule has 0 spiro atoms. The molecule has 1 rings (SSSR count). The van der Waals surface area contributed by atoms with E-state index in [1.54, 1.807) is 30.3 Å². The predicted octanol–water partition coefficient (Wildman–Crippen LogP) is 1.71. The largest absolute Gasteiger partial charge is 0.349 e. The molecule has 1 amide bonds. The maximum Gasteiger partial charge on any atom is 0.222 e. The zero-order chi connectivity index (χ0) is 11.1. The van der Waals surface area contributed by atoms with Gasteiger partial charge in [-0.15, -0.1) is 0 Å². The number of hydrogen-bond acceptors (Lipinski definition) is 3. The highest BCUT2D eigenvalue weighted by Gasteiger charge is 2.02. The molecule has 0 saturated carbocycles. The Morgan fingerprint density at radius 2 is 2.33 bits per heavy atom. The standard InChI is InChI=1S/C11H18N2OS/c1-13(2)11(14)4-3-6-12-8-10-5-7-15-9-10/h5,7,9,12H,3-4,6,8H2,1-2H3. The van der Waals surface area contributed by atoms with Crippen LogP contribution >= 0.6 is 11.3 Å². The molecular formula is C11H18N2OS. The molecule has 1 aromatic rings. The topological polar surface area (TPSA) is 32.3 Å². The summed E-state index contributed by atoms with van der Waals surface area (Å²) in [5, 5.41) is 7.53. The van der Waals surface area contributed by atoms with E-state index in [9.17, 15) is 4.79 Å². The Morgan fingerprint density at radius 1 is 1.53 bits per heavy atom. The minimum Gasteiger partial charge on any atom is -0.349 e. The van der Waals surface area contributed by atoms with Crippen LogP contribution in [0.4, 0.5) is 0 Å². The molecule has 0 saturated heterocycles. The molecule has 0 aliphatic carbocycles. The lowest BCUT2D eigenvalue weighted by atomic mass is 10.2. The van der Waals surface area contributed by atoms with Gasteiger partial charge in [-0.1, -0.05) is 0 Å². The van der Waals surface area contributed by atoms with Crippen molar-refractivity contribution in [1.29, 1.82) is 0 Å². The molecule has 0 fully saturated rings. The van der Waals surface area contributed by atoms with Gasteiger partial charge in [-0.3, -0.25) is 4.79 Å². The number of carbonyl (C=O) groups excluding carboxylic acids is 1. The fourth-order valence-corrected chi connectivity index (χ4v) is 1.88. The van der Waals surface area contributed by atoms with Gasteiger partial charge in [-0.2, -0.15) is 11.3 Å². The van der Waals surface area contributed by atoms with Crippen LogP contribution in [0.15, 0.2) is 16.8 Å². The van der Waals surface area contributed by atoms with Crippen molar-refractivity contribution in [2.75, 3.05) is 20.6 Å². The molecule has 0 atom stereocenters. The van der Waals surface area contributed by atoms with E-state index in [4.69, 9.17) is 0 Å². The van der Waals surface area contributed by atoms with Gasteiger partial charge in [0.05, 0.1) is 0 Å². The molecule has 0 aliphatic heterocycles. The van der Waals surface area contributed by atoms with Crippen molar-refractivity contribution in [2.45, 2.75) is 19.4 Å². The second kappa shape index (κ2) is 6.58. The molecule has 1 N–H and O–H groups in total. The highest BCUT2D eigenvalue weighted by atomic mass is 32.1. The van der Waals surface area contributed by atoms with Crippen LogP contribution in [-0.4, -0.2) is 31.4 Å². The minimum atomic E-state index is 0.201. The van der Waals surface area contributed by atoms with Crippen molar-refractivity contribution >= 4 is 17.2 Å². The summed E-state index contributed by atoms with van der Waals surface area (Å²) < 4.78 is 0. The molecule has 0 unspecified atom stereocenters. The van der Waals surface area contributed by atoms with Crippen molar-refractivity contribution in [3.05, 3.63) is 22.4 Å². The first-order valence-corrected chi connectivity index (χ1v) is 6.06. The highest BCUT2D eigenvalue weighted by Crippen LogP contribution is 2.04. The van der Waals surface area contributed by atoms with E-state index in [-0.39, 0.29) is 5.91 Å². The first kappa shape index (κ1) is 12.2. The van der Waals surface area contributed by atoms with E-state index in [0.717, 1.165) is 19.5 Å². The first-order valence-electron chi connectivity index (χ1n) is 5.12. The molecular weight excluding hydrogens is 208 g/mol. The minimum absolute atomic E-state index is 0.201. The van der Waals surface area contributed by atoms with E-state index in [2.05, 4.69) is 22.1 Å². The Bertz CT molecular complexity index is 283. The maximum absolute atomic E-state index is 11.2. The maximum atomic E-state index is 11.2. The molecule has 0 radical (unpaired) electrons. The van der Waals surface area contributed by atoms with E-state index in [1.807, 2.05) is 0 Å². The molecule has 15 heavy (non-hydrogen) atoms. The van der Waals surface area contributed by atoms with Crippen LogP contribution in [0, 0.1) is 0 Å². The second-order valence-electron chi connectivity index (χ2n) is 3.70. The van der Waals surface area contributed by atoms with Gasteiger partial charge in [0, 0.05) is 27.1 Å². The van der Waals surface area contributed by atoms with Crippen LogP contribution in [0.2, 0.25) is 0 Å². The van der Waals surface area contributed by atoms with Gasteiger partial charge in [0.25, 0.3) is 0 Å². The van der Waals surface area contributed by atoms with E-state index >= 15 is 0 Å². The van der Waals surface area contributed by atoms with Gasteiger partial charge in [0.15, 0.2) is 0 Å². The van der Waals surface area contributed by atoms with Gasteiger partial charge in [-0.05, 0) is 35.4 Å². The zero-order valence-corrected chi connectivity index (χ0v) is 10.1. The average Bonchev–Trinajstić information content (AvgIpc) is 2.69. The van der Waals surface area contributed by atoms with Crippen LogP contribution in [0.1, 0.15) is 18.4 Å². The van der Waals surface area contributed by atoms with Gasteiger partial charge in [-0.25, -0.2) is 0 Å². The van der Waals surface area contributed by atoms with Crippen LogP contribution < -0.4 is 5.32 Å². The van der Waals surface area contributed by atoms with E-state index < -0.39 is 0 Å². The fourth-order valence-electron chi connectivity index (χ4n) is 1.21. The Balaban J connectivity index is 2.00. The first-order chi connectivity index (χ1) is 7.20. The molecule has 1 aromatic heterocycles. The second-order valence-corrected chi connectivity index (χ2v) is 4.48. The Kier molecular flexibility index (Phi) is 5.36. The third-order valence-electron chi connectivity index (χ3n) is 2.15. The smallest absolute Gasteiger partial charge is 0.222 e. The monoisotopic (exact) mass is 226 g/mol. The van der Waals surface area contributed by atoms with Crippen LogP contribution in [0.5, 0.6) is 0 Å². The number of carbonyl (C=O) groups is 1. The van der Waals surface area contributed by atoms with E-state index in [1.165, 1.54) is 5.56 Å². The Labute approximate surface area is 95.1 Å². The zero-order valence-electron chi connectivity index (χ0n) is 9.32. The SMILES string of the molecule is CN(C)C(=O)CCCNCc1ccsc1. The van der Waals surface area contributed by atoms with Gasteiger partial charge in [0.1, 0.15) is 0 Å². The highest BCUT2D eigenvalue weighted by molar-refractivity contribution is 7.07. The molecule has 3 nitrogen and oxygen atoms in total. The normalized spacial score (nSPS) is 10.3. The Hall–Kier alpha value is -0.870. The summed E-state index contributed by atoms with van der Waals surface area (Å²) in [6.07, 6.45) is 1.53. The lowest BCUT2D eigenvalue weighted by Gasteiger charge is -2.09. The van der Waals surface area contributed by atoms with Crippen LogP contribution in [-0.2, 0) is 11.3 Å². The molecule has 0 aromatic carbocycles. The summed E-state index contributed by atoms with van der Waals surface area (Å²) >= 11 is 1.71. The third kappa shape index (κ3) is 4.95. The number of rotatable bonds is 6. The van der Waals surface area contributed by atoms with Crippen LogP contribution in [0.25, 0.3) is 0 Å². The van der Waals surface area contributed by atoms with Crippen LogP contribution in [0.3, 0.4) is 0 Å². The van der Waals surface area contributed by atoms with Crippen molar-refractivity contribution in [1.82, 2.24) is 10.2 Å². The molecule has 4 heteroatoms. The summed E-state index contributed by atoms with van der Waals surface area (Å²) in [6, 6.07) is 2.11. The fraction of sp³-hybridized carbons (Fsp3) is 0.545. The van der Waals surface area contributed by atoms with E-state index in [0.29, 0.717) is 6.42 Å². The summed E-state index contributed by atoms with van der Waals surface area (Å²) in [6.45, 7) is 1.80. The lowest BCUT2D eigenvalue weighted by Crippen LogP contribution is -2.23. The summed E-state index contributed by atoms with van der Waals surface area (Å²) in [4.78, 5) is 12.9.